The predicted octanol–water partition coefficient (Wildman–Crippen LogP) is 2.61. The molecule has 0 radical (unpaired) electrons. The molecule has 0 unspecified atom stereocenters. The van der Waals surface area contributed by atoms with Gasteiger partial charge in [0, 0.05) is 22.4 Å². The maximum atomic E-state index is 11.6. The largest absolute Gasteiger partial charge is 0.271 e. The molecule has 0 aliphatic rings. The van der Waals surface area contributed by atoms with E-state index in [2.05, 4.69) is 31.4 Å². The highest BCUT2D eigenvalue weighted by Crippen LogP contribution is 2.09. The molecule has 1 aromatic heterocycles. The molecule has 0 saturated carbocycles. The lowest BCUT2D eigenvalue weighted by molar-refractivity contribution is 0.0955. The zero-order valence-corrected chi connectivity index (χ0v) is 11.0. The van der Waals surface area contributed by atoms with Crippen LogP contribution < -0.4 is 5.43 Å². The summed E-state index contributed by atoms with van der Waals surface area (Å²) < 4.78 is 0.965. The zero-order chi connectivity index (χ0) is 12.8. The van der Waals surface area contributed by atoms with E-state index in [0.717, 1.165) is 10.0 Å². The lowest BCUT2D eigenvalue weighted by atomic mass is 10.2. The van der Waals surface area contributed by atoms with Gasteiger partial charge >= 0.3 is 0 Å². The Morgan fingerprint density at radius 3 is 2.78 bits per heavy atom. The Hall–Kier alpha value is -2.01. The SMILES string of the molecule is O=C(N/N=C/c1cccc(Br)c1)c1ccncc1. The van der Waals surface area contributed by atoms with Crippen LogP contribution in [0.5, 0.6) is 0 Å². The number of carbonyl (C=O) groups is 1. The van der Waals surface area contributed by atoms with E-state index in [4.69, 9.17) is 0 Å². The van der Waals surface area contributed by atoms with Crippen molar-refractivity contribution in [3.8, 4) is 0 Å². The highest BCUT2D eigenvalue weighted by atomic mass is 79.9. The number of halogens is 1. The first kappa shape index (κ1) is 12.4. The van der Waals surface area contributed by atoms with Gasteiger partial charge in [-0.15, -0.1) is 0 Å². The number of benzene rings is 1. The molecule has 0 aliphatic heterocycles. The molecule has 18 heavy (non-hydrogen) atoms. The fourth-order valence-corrected chi connectivity index (χ4v) is 1.74. The van der Waals surface area contributed by atoms with Gasteiger partial charge < -0.3 is 0 Å². The van der Waals surface area contributed by atoms with Crippen LogP contribution in [0.15, 0.2) is 58.4 Å². The second kappa shape index (κ2) is 6.07. The van der Waals surface area contributed by atoms with Crippen molar-refractivity contribution in [1.29, 1.82) is 0 Å². The van der Waals surface area contributed by atoms with E-state index in [1.54, 1.807) is 30.7 Å². The Kier molecular flexibility index (Phi) is 4.20. The molecule has 0 fully saturated rings. The maximum absolute atomic E-state index is 11.6. The topological polar surface area (TPSA) is 54.4 Å². The normalized spacial score (nSPS) is 10.5. The molecule has 5 heteroatoms. The Morgan fingerprint density at radius 2 is 2.06 bits per heavy atom. The van der Waals surface area contributed by atoms with Crippen molar-refractivity contribution < 1.29 is 4.79 Å². The van der Waals surface area contributed by atoms with Crippen molar-refractivity contribution in [2.24, 2.45) is 5.10 Å². The second-order valence-electron chi connectivity index (χ2n) is 3.49. The minimum absolute atomic E-state index is 0.261. The van der Waals surface area contributed by atoms with Crippen LogP contribution in [0.1, 0.15) is 15.9 Å². The summed E-state index contributed by atoms with van der Waals surface area (Å²) in [5.41, 5.74) is 3.88. The van der Waals surface area contributed by atoms with E-state index >= 15 is 0 Å². The van der Waals surface area contributed by atoms with Gasteiger partial charge in [-0.05, 0) is 29.8 Å². The average Bonchev–Trinajstić information content (AvgIpc) is 2.40. The third kappa shape index (κ3) is 3.49. The summed E-state index contributed by atoms with van der Waals surface area (Å²) in [5, 5.41) is 3.89. The van der Waals surface area contributed by atoms with E-state index in [1.165, 1.54) is 0 Å². The van der Waals surface area contributed by atoms with Crippen molar-refractivity contribution in [3.05, 3.63) is 64.4 Å². The van der Waals surface area contributed by atoms with Crippen LogP contribution in [-0.4, -0.2) is 17.1 Å². The summed E-state index contributed by atoms with van der Waals surface area (Å²) in [6, 6.07) is 10.9. The molecule has 2 rings (SSSR count). The van der Waals surface area contributed by atoms with Crippen LogP contribution in [0, 0.1) is 0 Å². The molecule has 1 aromatic carbocycles. The number of amides is 1. The Balaban J connectivity index is 1.98. The Morgan fingerprint density at radius 1 is 1.28 bits per heavy atom. The number of hydrazone groups is 1. The maximum Gasteiger partial charge on any atom is 0.271 e. The number of aromatic nitrogens is 1. The summed E-state index contributed by atoms with van der Waals surface area (Å²) >= 11 is 3.36. The first-order valence-electron chi connectivity index (χ1n) is 5.25. The molecular weight excluding hydrogens is 294 g/mol. The van der Waals surface area contributed by atoms with Crippen molar-refractivity contribution in [2.75, 3.05) is 0 Å². The molecule has 1 heterocycles. The number of nitrogens with zero attached hydrogens (tertiary/aromatic N) is 2. The van der Waals surface area contributed by atoms with Gasteiger partial charge in [-0.25, -0.2) is 5.43 Å². The van der Waals surface area contributed by atoms with E-state index in [9.17, 15) is 4.79 Å². The molecule has 0 saturated heterocycles. The summed E-state index contributed by atoms with van der Waals surface area (Å²) in [4.78, 5) is 15.5. The molecule has 90 valence electrons. The van der Waals surface area contributed by atoms with Crippen molar-refractivity contribution in [2.45, 2.75) is 0 Å². The van der Waals surface area contributed by atoms with Gasteiger partial charge in [-0.2, -0.15) is 5.10 Å². The summed E-state index contributed by atoms with van der Waals surface area (Å²) in [6.07, 6.45) is 4.71. The molecular formula is C13H10BrN3O. The molecule has 1 N–H and O–H groups in total. The molecule has 2 aromatic rings. The van der Waals surface area contributed by atoms with Gasteiger partial charge in [0.1, 0.15) is 0 Å². The first-order valence-corrected chi connectivity index (χ1v) is 6.04. The van der Waals surface area contributed by atoms with Crippen molar-refractivity contribution in [1.82, 2.24) is 10.4 Å². The highest BCUT2D eigenvalue weighted by molar-refractivity contribution is 9.10. The van der Waals surface area contributed by atoms with Crippen LogP contribution in [-0.2, 0) is 0 Å². The van der Waals surface area contributed by atoms with Gasteiger partial charge in [0.2, 0.25) is 0 Å². The van der Waals surface area contributed by atoms with Crippen LogP contribution in [0.3, 0.4) is 0 Å². The molecule has 0 aliphatic carbocycles. The van der Waals surface area contributed by atoms with Crippen LogP contribution in [0.25, 0.3) is 0 Å². The summed E-state index contributed by atoms with van der Waals surface area (Å²) in [7, 11) is 0. The number of rotatable bonds is 3. The fourth-order valence-electron chi connectivity index (χ4n) is 1.32. The van der Waals surface area contributed by atoms with Crippen molar-refractivity contribution in [3.63, 3.8) is 0 Å². The summed E-state index contributed by atoms with van der Waals surface area (Å²) in [6.45, 7) is 0. The number of carbonyl (C=O) groups excluding carboxylic acids is 1. The number of hydrogen-bond donors (Lipinski definition) is 1. The Bertz CT molecular complexity index is 569. The number of hydrogen-bond acceptors (Lipinski definition) is 3. The van der Waals surface area contributed by atoms with Gasteiger partial charge in [-0.3, -0.25) is 9.78 Å². The summed E-state index contributed by atoms with van der Waals surface area (Å²) in [5.74, 6) is -0.261. The molecule has 0 spiro atoms. The monoisotopic (exact) mass is 303 g/mol. The minimum Gasteiger partial charge on any atom is -0.267 e. The van der Waals surface area contributed by atoms with Crippen LogP contribution in [0.4, 0.5) is 0 Å². The van der Waals surface area contributed by atoms with Crippen LogP contribution in [0.2, 0.25) is 0 Å². The van der Waals surface area contributed by atoms with Gasteiger partial charge in [-0.1, -0.05) is 28.1 Å². The minimum atomic E-state index is -0.261. The van der Waals surface area contributed by atoms with E-state index in [0.29, 0.717) is 5.56 Å². The standard InChI is InChI=1S/C13H10BrN3O/c14-12-3-1-2-10(8-12)9-16-17-13(18)11-4-6-15-7-5-11/h1-9H,(H,17,18)/b16-9+. The smallest absolute Gasteiger partial charge is 0.267 e. The molecule has 0 bridgehead atoms. The van der Waals surface area contributed by atoms with E-state index in [-0.39, 0.29) is 5.91 Å². The van der Waals surface area contributed by atoms with E-state index in [1.807, 2.05) is 24.3 Å². The van der Waals surface area contributed by atoms with Gasteiger partial charge in [0.05, 0.1) is 6.21 Å². The van der Waals surface area contributed by atoms with Gasteiger partial charge in [0.15, 0.2) is 0 Å². The second-order valence-corrected chi connectivity index (χ2v) is 4.41. The first-order chi connectivity index (χ1) is 8.75. The highest BCUT2D eigenvalue weighted by Gasteiger charge is 2.01. The number of pyridine rings is 1. The van der Waals surface area contributed by atoms with Crippen LogP contribution >= 0.6 is 15.9 Å². The average molecular weight is 304 g/mol. The molecule has 0 atom stereocenters. The number of nitrogens with one attached hydrogen (secondary N) is 1. The third-order valence-electron chi connectivity index (χ3n) is 2.17. The van der Waals surface area contributed by atoms with E-state index < -0.39 is 0 Å². The zero-order valence-electron chi connectivity index (χ0n) is 9.38. The molecule has 1 amide bonds. The Labute approximate surface area is 113 Å². The lowest BCUT2D eigenvalue weighted by Crippen LogP contribution is -2.17. The molecule has 4 nitrogen and oxygen atoms in total. The van der Waals surface area contributed by atoms with Gasteiger partial charge in [0.25, 0.3) is 5.91 Å². The lowest BCUT2D eigenvalue weighted by Gasteiger charge is -1.98. The predicted molar refractivity (Wildman–Crippen MR) is 73.4 cm³/mol. The van der Waals surface area contributed by atoms with Crippen molar-refractivity contribution >= 4 is 28.1 Å². The third-order valence-corrected chi connectivity index (χ3v) is 2.66. The quantitative estimate of drug-likeness (QED) is 0.700. The fraction of sp³-hybridized carbons (Fsp3) is 0.